The van der Waals surface area contributed by atoms with Gasteiger partial charge in [-0.2, -0.15) is 0 Å². The van der Waals surface area contributed by atoms with Crippen LogP contribution in [0.5, 0.6) is 0 Å². The van der Waals surface area contributed by atoms with Gasteiger partial charge in [0.2, 0.25) is 0 Å². The Morgan fingerprint density at radius 1 is 1.27 bits per heavy atom. The van der Waals surface area contributed by atoms with Crippen molar-refractivity contribution in [3.63, 3.8) is 0 Å². The molecule has 4 N–H and O–H groups in total. The van der Waals surface area contributed by atoms with Gasteiger partial charge in [-0.25, -0.2) is 0 Å². The number of likely N-dealkylation sites (N-methyl/N-ethyl adjacent to an activating group) is 1. The highest BCUT2D eigenvalue weighted by molar-refractivity contribution is 4.70. The van der Waals surface area contributed by atoms with Gasteiger partial charge in [0, 0.05) is 19.1 Å². The molecule has 15 heavy (non-hydrogen) atoms. The number of hydrogen-bond donors (Lipinski definition) is 2. The van der Waals surface area contributed by atoms with Gasteiger partial charge in [0.1, 0.15) is 0 Å². The fourth-order valence-corrected chi connectivity index (χ4v) is 2.44. The lowest BCUT2D eigenvalue weighted by molar-refractivity contribution is 0.256. The standard InChI is InChI=1S/C12H27N3/c1-15(10-12(14)9-13)8-7-11-5-3-2-4-6-11/h11-12H,2-10,13-14H2,1H3. The predicted octanol–water partition coefficient (Wildman–Crippen LogP) is 1.17. The molecule has 90 valence electrons. The van der Waals surface area contributed by atoms with Crippen molar-refractivity contribution >= 4 is 0 Å². The van der Waals surface area contributed by atoms with Crippen LogP contribution in [-0.2, 0) is 0 Å². The normalized spacial score (nSPS) is 20.8. The van der Waals surface area contributed by atoms with Crippen molar-refractivity contribution in [2.75, 3.05) is 26.7 Å². The van der Waals surface area contributed by atoms with Crippen LogP contribution in [0.1, 0.15) is 38.5 Å². The highest BCUT2D eigenvalue weighted by Gasteiger charge is 2.14. The monoisotopic (exact) mass is 213 g/mol. The molecule has 0 radical (unpaired) electrons. The Morgan fingerprint density at radius 2 is 1.93 bits per heavy atom. The maximum Gasteiger partial charge on any atom is 0.0292 e. The lowest BCUT2D eigenvalue weighted by Gasteiger charge is -2.25. The smallest absolute Gasteiger partial charge is 0.0292 e. The Labute approximate surface area is 94.2 Å². The first kappa shape index (κ1) is 12.9. The third-order valence-corrected chi connectivity index (χ3v) is 3.49. The first-order chi connectivity index (χ1) is 7.22. The second kappa shape index (κ2) is 7.20. The van der Waals surface area contributed by atoms with E-state index in [1.807, 2.05) is 0 Å². The highest BCUT2D eigenvalue weighted by atomic mass is 15.1. The summed E-state index contributed by atoms with van der Waals surface area (Å²) in [5, 5.41) is 0. The van der Waals surface area contributed by atoms with Gasteiger partial charge < -0.3 is 16.4 Å². The molecule has 0 heterocycles. The molecule has 0 aromatic heterocycles. The summed E-state index contributed by atoms with van der Waals surface area (Å²) in [5.41, 5.74) is 11.3. The summed E-state index contributed by atoms with van der Waals surface area (Å²) in [5.74, 6) is 0.968. The Hall–Kier alpha value is -0.120. The van der Waals surface area contributed by atoms with E-state index in [0.29, 0.717) is 6.54 Å². The molecule has 3 heteroatoms. The van der Waals surface area contributed by atoms with E-state index in [1.165, 1.54) is 45.1 Å². The first-order valence-electron chi connectivity index (χ1n) is 6.36. The first-order valence-corrected chi connectivity index (χ1v) is 6.36. The molecule has 0 aliphatic heterocycles. The van der Waals surface area contributed by atoms with E-state index in [1.54, 1.807) is 0 Å². The zero-order valence-corrected chi connectivity index (χ0v) is 10.1. The minimum Gasteiger partial charge on any atom is -0.329 e. The maximum atomic E-state index is 5.82. The van der Waals surface area contributed by atoms with E-state index in [4.69, 9.17) is 11.5 Å². The van der Waals surface area contributed by atoms with Crippen LogP contribution < -0.4 is 11.5 Å². The lowest BCUT2D eigenvalue weighted by atomic mass is 9.87. The molecule has 1 unspecified atom stereocenters. The zero-order chi connectivity index (χ0) is 11.1. The minimum absolute atomic E-state index is 0.140. The van der Waals surface area contributed by atoms with Gasteiger partial charge in [0.25, 0.3) is 0 Å². The van der Waals surface area contributed by atoms with Crippen LogP contribution >= 0.6 is 0 Å². The molecule has 1 aliphatic rings. The number of rotatable bonds is 6. The van der Waals surface area contributed by atoms with Crippen LogP contribution in [0, 0.1) is 5.92 Å². The summed E-state index contributed by atoms with van der Waals surface area (Å²) < 4.78 is 0. The average molecular weight is 213 g/mol. The predicted molar refractivity (Wildman–Crippen MR) is 65.7 cm³/mol. The molecular formula is C12H27N3. The molecule has 1 aliphatic carbocycles. The summed E-state index contributed by atoms with van der Waals surface area (Å²) in [6, 6.07) is 0.140. The van der Waals surface area contributed by atoms with Crippen molar-refractivity contribution in [3.05, 3.63) is 0 Å². The van der Waals surface area contributed by atoms with Crippen LogP contribution in [0.3, 0.4) is 0 Å². The average Bonchev–Trinajstić information content (AvgIpc) is 2.27. The molecule has 0 saturated heterocycles. The van der Waals surface area contributed by atoms with Crippen molar-refractivity contribution in [1.82, 2.24) is 4.90 Å². The molecule has 0 spiro atoms. The summed E-state index contributed by atoms with van der Waals surface area (Å²) in [7, 11) is 2.15. The molecule has 0 bridgehead atoms. The second-order valence-corrected chi connectivity index (χ2v) is 5.05. The van der Waals surface area contributed by atoms with E-state index in [-0.39, 0.29) is 6.04 Å². The molecule has 3 nitrogen and oxygen atoms in total. The Kier molecular flexibility index (Phi) is 6.22. The van der Waals surface area contributed by atoms with Crippen LogP contribution in [0.15, 0.2) is 0 Å². The molecule has 1 fully saturated rings. The topological polar surface area (TPSA) is 55.3 Å². The fourth-order valence-electron chi connectivity index (χ4n) is 2.44. The summed E-state index contributed by atoms with van der Waals surface area (Å²) in [4.78, 5) is 2.33. The van der Waals surface area contributed by atoms with Crippen molar-refractivity contribution in [1.29, 1.82) is 0 Å². The largest absolute Gasteiger partial charge is 0.329 e. The van der Waals surface area contributed by atoms with Crippen molar-refractivity contribution in [2.45, 2.75) is 44.6 Å². The Bertz CT molecular complexity index is 155. The van der Waals surface area contributed by atoms with Crippen LogP contribution in [0.25, 0.3) is 0 Å². The van der Waals surface area contributed by atoms with Gasteiger partial charge in [-0.15, -0.1) is 0 Å². The van der Waals surface area contributed by atoms with Crippen molar-refractivity contribution < 1.29 is 0 Å². The maximum absolute atomic E-state index is 5.82. The molecule has 1 rings (SSSR count). The highest BCUT2D eigenvalue weighted by Crippen LogP contribution is 2.26. The van der Waals surface area contributed by atoms with Gasteiger partial charge in [0.15, 0.2) is 0 Å². The summed E-state index contributed by atoms with van der Waals surface area (Å²) >= 11 is 0. The number of hydrogen-bond acceptors (Lipinski definition) is 3. The third-order valence-electron chi connectivity index (χ3n) is 3.49. The van der Waals surface area contributed by atoms with Gasteiger partial charge in [-0.1, -0.05) is 32.1 Å². The summed E-state index contributed by atoms with van der Waals surface area (Å²) in [6.07, 6.45) is 8.55. The van der Waals surface area contributed by atoms with Gasteiger partial charge >= 0.3 is 0 Å². The SMILES string of the molecule is CN(CCC1CCCCC1)CC(N)CN. The lowest BCUT2D eigenvalue weighted by Crippen LogP contribution is -2.41. The minimum atomic E-state index is 0.140. The molecule has 0 amide bonds. The quantitative estimate of drug-likeness (QED) is 0.696. The van der Waals surface area contributed by atoms with Crippen LogP contribution in [0.4, 0.5) is 0 Å². The second-order valence-electron chi connectivity index (χ2n) is 5.05. The molecule has 0 aromatic rings. The molecule has 1 saturated carbocycles. The third kappa shape index (κ3) is 5.50. The van der Waals surface area contributed by atoms with Crippen molar-refractivity contribution in [2.24, 2.45) is 17.4 Å². The molecule has 0 aromatic carbocycles. The van der Waals surface area contributed by atoms with E-state index >= 15 is 0 Å². The van der Waals surface area contributed by atoms with Gasteiger partial charge in [0.05, 0.1) is 0 Å². The van der Waals surface area contributed by atoms with E-state index < -0.39 is 0 Å². The Morgan fingerprint density at radius 3 is 2.53 bits per heavy atom. The number of nitrogens with two attached hydrogens (primary N) is 2. The Balaban J connectivity index is 2.07. The van der Waals surface area contributed by atoms with Gasteiger partial charge in [-0.05, 0) is 25.9 Å². The molecular weight excluding hydrogens is 186 g/mol. The van der Waals surface area contributed by atoms with Crippen molar-refractivity contribution in [3.8, 4) is 0 Å². The molecule has 1 atom stereocenters. The zero-order valence-electron chi connectivity index (χ0n) is 10.1. The number of nitrogens with zero attached hydrogens (tertiary/aromatic N) is 1. The van der Waals surface area contributed by atoms with Gasteiger partial charge in [-0.3, -0.25) is 0 Å². The van der Waals surface area contributed by atoms with Crippen LogP contribution in [-0.4, -0.2) is 37.6 Å². The summed E-state index contributed by atoms with van der Waals surface area (Å²) in [6.45, 7) is 2.70. The van der Waals surface area contributed by atoms with E-state index in [0.717, 1.165) is 12.5 Å². The van der Waals surface area contributed by atoms with E-state index in [2.05, 4.69) is 11.9 Å². The van der Waals surface area contributed by atoms with Crippen LogP contribution in [0.2, 0.25) is 0 Å². The van der Waals surface area contributed by atoms with E-state index in [9.17, 15) is 0 Å². The fraction of sp³-hybridized carbons (Fsp3) is 1.00.